The van der Waals surface area contributed by atoms with E-state index >= 15 is 8.78 Å². The Bertz CT molecular complexity index is 951. The second-order valence-electron chi connectivity index (χ2n) is 9.19. The van der Waals surface area contributed by atoms with Crippen molar-refractivity contribution in [2.75, 3.05) is 39.4 Å². The molecule has 35 heavy (non-hydrogen) atoms. The largest absolute Gasteiger partial charge is 0.438 e. The predicted molar refractivity (Wildman–Crippen MR) is 134 cm³/mol. The van der Waals surface area contributed by atoms with Gasteiger partial charge in [0.25, 0.3) is 5.90 Å². The predicted octanol–water partition coefficient (Wildman–Crippen LogP) is 2.19. The van der Waals surface area contributed by atoms with Crippen LogP contribution in [0.25, 0.3) is 0 Å². The highest BCUT2D eigenvalue weighted by molar-refractivity contribution is 5.93. The zero-order valence-corrected chi connectivity index (χ0v) is 20.6. The van der Waals surface area contributed by atoms with Gasteiger partial charge < -0.3 is 36.2 Å². The number of allylic oxidation sites excluding steroid dienone is 5. The number of piperazine rings is 1. The first-order valence-electron chi connectivity index (χ1n) is 12.4. The lowest BCUT2D eigenvalue weighted by molar-refractivity contribution is 0.208. The van der Waals surface area contributed by atoms with E-state index in [4.69, 9.17) is 10.5 Å². The van der Waals surface area contributed by atoms with Crippen LogP contribution in [0.4, 0.5) is 8.78 Å². The summed E-state index contributed by atoms with van der Waals surface area (Å²) in [5, 5.41) is 9.13. The van der Waals surface area contributed by atoms with Gasteiger partial charge in [0.15, 0.2) is 6.17 Å². The van der Waals surface area contributed by atoms with Crippen molar-refractivity contribution in [2.24, 2.45) is 16.6 Å². The van der Waals surface area contributed by atoms with Crippen LogP contribution in [0.15, 0.2) is 64.7 Å². The van der Waals surface area contributed by atoms with Gasteiger partial charge in [0, 0.05) is 62.5 Å². The molecule has 4 aliphatic rings. The summed E-state index contributed by atoms with van der Waals surface area (Å²) >= 11 is 0. The number of hydrogen-bond acceptors (Lipinski definition) is 8. The summed E-state index contributed by atoms with van der Waals surface area (Å²) < 4.78 is 36.1. The molecule has 0 spiro atoms. The van der Waals surface area contributed by atoms with Crippen molar-refractivity contribution in [3.05, 3.63) is 59.7 Å². The van der Waals surface area contributed by atoms with Crippen molar-refractivity contribution < 1.29 is 13.5 Å². The minimum absolute atomic E-state index is 0.0814. The lowest BCUT2D eigenvalue weighted by Gasteiger charge is -2.30. The Morgan fingerprint density at radius 2 is 2.17 bits per heavy atom. The van der Waals surface area contributed by atoms with E-state index in [-0.39, 0.29) is 36.1 Å². The molecule has 5 N–H and O–H groups in total. The van der Waals surface area contributed by atoms with Crippen molar-refractivity contribution >= 4 is 5.90 Å². The van der Waals surface area contributed by atoms with Crippen LogP contribution < -0.4 is 21.7 Å². The Labute approximate surface area is 206 Å². The number of nitrogens with one attached hydrogen (secondary N) is 3. The summed E-state index contributed by atoms with van der Waals surface area (Å²) in [6, 6.07) is 0.259. The Kier molecular flexibility index (Phi) is 8.12. The van der Waals surface area contributed by atoms with Crippen LogP contribution in [0, 0.1) is 5.92 Å². The van der Waals surface area contributed by atoms with E-state index in [0.717, 1.165) is 44.1 Å². The van der Waals surface area contributed by atoms with Crippen molar-refractivity contribution in [1.82, 2.24) is 25.8 Å². The van der Waals surface area contributed by atoms with Crippen LogP contribution in [0.2, 0.25) is 0 Å². The van der Waals surface area contributed by atoms with Gasteiger partial charge in [-0.2, -0.15) is 4.39 Å². The van der Waals surface area contributed by atoms with E-state index in [2.05, 4.69) is 51.2 Å². The molecule has 4 rings (SSSR count). The fourth-order valence-corrected chi connectivity index (χ4v) is 5.12. The maximum atomic E-state index is 15.3. The van der Waals surface area contributed by atoms with Gasteiger partial charge in [0.05, 0.1) is 6.17 Å². The van der Waals surface area contributed by atoms with Gasteiger partial charge >= 0.3 is 0 Å². The molecule has 2 fully saturated rings. The number of alkyl halides is 1. The summed E-state index contributed by atoms with van der Waals surface area (Å²) in [6.07, 6.45) is 6.55. The van der Waals surface area contributed by atoms with Gasteiger partial charge in [-0.1, -0.05) is 12.7 Å². The molecule has 2 saturated heterocycles. The normalized spacial score (nSPS) is 28.0. The van der Waals surface area contributed by atoms with Crippen LogP contribution in [0.3, 0.4) is 0 Å². The third-order valence-corrected chi connectivity index (χ3v) is 6.92. The Morgan fingerprint density at radius 3 is 2.89 bits per heavy atom. The molecule has 0 aromatic rings. The van der Waals surface area contributed by atoms with E-state index in [9.17, 15) is 0 Å². The summed E-state index contributed by atoms with van der Waals surface area (Å²) in [5.74, 6) is -1.08. The number of rotatable bonds is 8. The van der Waals surface area contributed by atoms with E-state index in [0.29, 0.717) is 12.8 Å². The topological polar surface area (TPSA) is 90.2 Å². The van der Waals surface area contributed by atoms with Crippen LogP contribution >= 0.6 is 0 Å². The summed E-state index contributed by atoms with van der Waals surface area (Å²) in [7, 11) is 0. The average Bonchev–Trinajstić information content (AvgIpc) is 3.20. The first-order valence-corrected chi connectivity index (χ1v) is 12.4. The van der Waals surface area contributed by atoms with E-state index in [1.54, 1.807) is 6.08 Å². The summed E-state index contributed by atoms with van der Waals surface area (Å²) in [6.45, 7) is 12.6. The number of nitrogens with two attached hydrogens (primary N) is 1. The highest BCUT2D eigenvalue weighted by atomic mass is 19.1. The van der Waals surface area contributed by atoms with Crippen LogP contribution in [-0.2, 0) is 4.74 Å². The van der Waals surface area contributed by atoms with E-state index in [1.807, 2.05) is 18.2 Å². The molecule has 0 radical (unpaired) electrons. The van der Waals surface area contributed by atoms with Crippen LogP contribution in [-0.4, -0.2) is 73.5 Å². The molecular weight excluding hydrogens is 452 g/mol. The Morgan fingerprint density at radius 1 is 1.40 bits per heavy atom. The zero-order chi connectivity index (χ0) is 24.9. The number of aliphatic imine (C=N–C) groups is 1. The first kappa shape index (κ1) is 25.2. The molecule has 0 aromatic carbocycles. The molecule has 0 aromatic heterocycles. The smallest absolute Gasteiger partial charge is 0.256 e. The monoisotopic (exact) mass is 489 g/mol. The molecule has 0 bridgehead atoms. The summed E-state index contributed by atoms with van der Waals surface area (Å²) in [5.41, 5.74) is 8.21. The molecule has 1 unspecified atom stereocenters. The van der Waals surface area contributed by atoms with Crippen LogP contribution in [0.1, 0.15) is 26.7 Å². The molecule has 10 heteroatoms. The second kappa shape index (κ2) is 11.3. The van der Waals surface area contributed by atoms with Crippen molar-refractivity contribution in [2.45, 2.75) is 45.1 Å². The van der Waals surface area contributed by atoms with Gasteiger partial charge in [-0.15, -0.1) is 0 Å². The lowest BCUT2D eigenvalue weighted by Crippen LogP contribution is -2.44. The second-order valence-corrected chi connectivity index (χ2v) is 9.19. The number of likely N-dealkylation sites (tertiary alicyclic amines) is 1. The minimum atomic E-state index is -1.34. The molecule has 1 aliphatic carbocycles. The fraction of sp³-hybridized carbons (Fsp3) is 0.560. The average molecular weight is 490 g/mol. The number of hydrogen-bond donors (Lipinski definition) is 4. The maximum Gasteiger partial charge on any atom is 0.256 e. The quantitative estimate of drug-likeness (QED) is 0.307. The third kappa shape index (κ3) is 5.54. The number of nitrogens with zero attached hydrogens (tertiary/aromatic N) is 3. The maximum absolute atomic E-state index is 15.3. The highest BCUT2D eigenvalue weighted by Gasteiger charge is 2.42. The molecule has 4 atom stereocenters. The van der Waals surface area contributed by atoms with Crippen molar-refractivity contribution in [3.63, 3.8) is 0 Å². The zero-order valence-electron chi connectivity index (χ0n) is 20.6. The Balaban J connectivity index is 1.39. The number of fused-ring (bicyclic) bond motifs is 1. The van der Waals surface area contributed by atoms with E-state index in [1.165, 1.54) is 0 Å². The van der Waals surface area contributed by atoms with Gasteiger partial charge in [0.2, 0.25) is 5.83 Å². The molecular formula is C25H37F2N7O. The molecule has 3 heterocycles. The first-order chi connectivity index (χ1) is 16.9. The molecule has 0 saturated carbocycles. The van der Waals surface area contributed by atoms with Crippen molar-refractivity contribution in [3.8, 4) is 0 Å². The SMILES string of the molecule is C=C/C(=C\C[C@H](N)NC1=C(F)C(OC2=CC=C3C(C[C@@H](C)N3CC)[C@@H]2F)=NCN1)N1CCNCC1. The molecule has 3 aliphatic heterocycles. The van der Waals surface area contributed by atoms with Crippen molar-refractivity contribution in [1.29, 1.82) is 0 Å². The number of halogens is 2. The molecule has 192 valence electrons. The highest BCUT2D eigenvalue weighted by Crippen LogP contribution is 2.41. The number of ether oxygens (including phenoxy) is 1. The van der Waals surface area contributed by atoms with E-state index < -0.39 is 18.2 Å². The minimum Gasteiger partial charge on any atom is -0.438 e. The molecule has 0 amide bonds. The van der Waals surface area contributed by atoms with Gasteiger partial charge in [0.1, 0.15) is 18.2 Å². The Hall–Kier alpha value is -2.85. The van der Waals surface area contributed by atoms with Crippen LogP contribution in [0.5, 0.6) is 0 Å². The van der Waals surface area contributed by atoms with Gasteiger partial charge in [-0.3, -0.25) is 0 Å². The third-order valence-electron chi connectivity index (χ3n) is 6.92. The fourth-order valence-electron chi connectivity index (χ4n) is 5.12. The lowest BCUT2D eigenvalue weighted by atomic mass is 9.92. The standard InChI is InChI=1S/C25H37F2N7O/c1-4-17(33-12-10-29-11-13-33)6-9-21(28)32-24-23(27)25(31-15-30-24)35-20-8-7-19-18(22(20)26)14-16(3)34(19)5-2/h4,6-8,16,18,21-22,29-30,32H,1,5,9-15,28H2,2-3H3/b17-6+/t16-,18?,21-,22+/m1/s1. The van der Waals surface area contributed by atoms with Gasteiger partial charge in [-0.25, -0.2) is 9.38 Å². The van der Waals surface area contributed by atoms with Gasteiger partial charge in [-0.05, 0) is 38.5 Å². The summed E-state index contributed by atoms with van der Waals surface area (Å²) in [4.78, 5) is 8.51. The molecule has 8 nitrogen and oxygen atoms in total.